The molecule has 5 rings (SSSR count). The van der Waals surface area contributed by atoms with Gasteiger partial charge < -0.3 is 40.2 Å². The number of ether oxygens (including phenoxy) is 2. The summed E-state index contributed by atoms with van der Waals surface area (Å²) in [5, 5.41) is 57.7. The first-order valence-electron chi connectivity index (χ1n) is 12.8. The highest BCUT2D eigenvalue weighted by Gasteiger charge is 2.90. The Balaban J connectivity index is 1.38. The van der Waals surface area contributed by atoms with Crippen LogP contribution in [0.5, 0.6) is 5.75 Å². The van der Waals surface area contributed by atoms with Gasteiger partial charge in [0.1, 0.15) is 41.9 Å². The topological polar surface area (TPSA) is 244 Å². The van der Waals surface area contributed by atoms with Crippen molar-refractivity contribution in [1.82, 2.24) is 19.7 Å². The second kappa shape index (κ2) is 11.2. The standard InChI is InChI=1S/C25H29N6O10P/c1-14(22(35)38-11-15(9-32)10-33)30-42(37,40-16-5-3-2-4-6-16)41-23-24(12-26)25(23,36)20(34)19(39-24)17-7-8-18-21(27)28-13-29-31(17)18/h2-8,13-15,19-20,23,32-34,36H,9-11H2,1H3,(H,30,37)(H2,27,28,29)/t14-,19-,20-,23?,24+,25+,42?/m0/s1. The lowest BCUT2D eigenvalue weighted by molar-refractivity contribution is -0.147. The van der Waals surface area contributed by atoms with E-state index < -0.39 is 68.4 Å². The van der Waals surface area contributed by atoms with Crippen molar-refractivity contribution in [2.75, 3.05) is 25.6 Å². The largest absolute Gasteiger partial charge is 0.464 e. The number of nitriles is 1. The molecule has 3 heterocycles. The van der Waals surface area contributed by atoms with Crippen LogP contribution in [0.15, 0.2) is 48.8 Å². The number of aromatic nitrogens is 3. The van der Waals surface area contributed by atoms with Crippen molar-refractivity contribution in [3.8, 4) is 11.8 Å². The van der Waals surface area contributed by atoms with Crippen molar-refractivity contribution >= 4 is 25.1 Å². The van der Waals surface area contributed by atoms with Gasteiger partial charge in [-0.3, -0.25) is 9.32 Å². The van der Waals surface area contributed by atoms with E-state index in [0.29, 0.717) is 5.52 Å². The van der Waals surface area contributed by atoms with E-state index in [0.717, 1.165) is 0 Å². The Hall–Kier alpha value is -3.65. The number of carbonyl (C=O) groups is 1. The van der Waals surface area contributed by atoms with Crippen LogP contribution in [-0.4, -0.2) is 90.3 Å². The van der Waals surface area contributed by atoms with Gasteiger partial charge in [-0.05, 0) is 31.2 Å². The Morgan fingerprint density at radius 2 is 2.00 bits per heavy atom. The Labute approximate surface area is 238 Å². The van der Waals surface area contributed by atoms with Gasteiger partial charge in [-0.2, -0.15) is 15.4 Å². The van der Waals surface area contributed by atoms with Crippen LogP contribution < -0.4 is 15.3 Å². The minimum atomic E-state index is -4.60. The molecule has 1 aliphatic carbocycles. The first-order chi connectivity index (χ1) is 20.0. The van der Waals surface area contributed by atoms with Crippen molar-refractivity contribution in [2.45, 2.75) is 42.5 Å². The molecule has 17 heteroatoms. The van der Waals surface area contributed by atoms with E-state index in [1.807, 2.05) is 6.07 Å². The smallest absolute Gasteiger partial charge is 0.459 e. The maximum Gasteiger partial charge on any atom is 0.459 e. The van der Waals surface area contributed by atoms with Crippen LogP contribution in [0.3, 0.4) is 0 Å². The van der Waals surface area contributed by atoms with E-state index >= 15 is 0 Å². The first kappa shape index (κ1) is 29.8. The van der Waals surface area contributed by atoms with E-state index in [9.17, 15) is 35.0 Å². The fourth-order valence-electron chi connectivity index (χ4n) is 4.80. The maximum atomic E-state index is 14.0. The number of nitrogens with zero attached hydrogens (tertiary/aromatic N) is 4. The molecule has 7 atom stereocenters. The monoisotopic (exact) mass is 604 g/mol. The number of fused-ring (bicyclic) bond motifs is 2. The fraction of sp³-hybridized carbons (Fsp3) is 0.440. The fourth-order valence-corrected chi connectivity index (χ4v) is 6.53. The summed E-state index contributed by atoms with van der Waals surface area (Å²) in [6, 6.07) is 11.4. The van der Waals surface area contributed by atoms with Crippen molar-refractivity contribution < 1.29 is 48.3 Å². The van der Waals surface area contributed by atoms with Gasteiger partial charge in [0.2, 0.25) is 5.60 Å². The zero-order valence-corrected chi connectivity index (χ0v) is 23.1. The van der Waals surface area contributed by atoms with Gasteiger partial charge in [-0.15, -0.1) is 0 Å². The molecule has 1 saturated carbocycles. The molecule has 1 aromatic carbocycles. The molecule has 16 nitrogen and oxygen atoms in total. The number of para-hydroxylation sites is 1. The first-order valence-corrected chi connectivity index (χ1v) is 14.3. The third-order valence-electron chi connectivity index (χ3n) is 7.20. The summed E-state index contributed by atoms with van der Waals surface area (Å²) in [6.07, 6.45) is -3.49. The summed E-state index contributed by atoms with van der Waals surface area (Å²) in [5.41, 5.74) is 2.02. The molecule has 42 heavy (non-hydrogen) atoms. The molecule has 2 aliphatic rings. The molecular formula is C25H29N6O10P. The second-order valence-corrected chi connectivity index (χ2v) is 11.6. The summed E-state index contributed by atoms with van der Waals surface area (Å²) in [6.45, 7) is 0.136. The number of carbonyl (C=O) groups excluding carboxylic acids is 1. The predicted molar refractivity (Wildman–Crippen MR) is 141 cm³/mol. The van der Waals surface area contributed by atoms with Crippen LogP contribution in [0.1, 0.15) is 18.7 Å². The highest BCUT2D eigenvalue weighted by molar-refractivity contribution is 7.52. The lowest BCUT2D eigenvalue weighted by Gasteiger charge is -2.26. The molecule has 0 amide bonds. The highest BCUT2D eigenvalue weighted by atomic mass is 31.2. The third-order valence-corrected chi connectivity index (χ3v) is 8.84. The van der Waals surface area contributed by atoms with Crippen LogP contribution in [0.2, 0.25) is 0 Å². The zero-order chi connectivity index (χ0) is 30.3. The Bertz CT molecular complexity index is 1550. The zero-order valence-electron chi connectivity index (χ0n) is 22.2. The average molecular weight is 605 g/mol. The lowest BCUT2D eigenvalue weighted by atomic mass is 10.0. The number of hydrogen-bond donors (Lipinski definition) is 6. The quantitative estimate of drug-likeness (QED) is 0.112. The van der Waals surface area contributed by atoms with Gasteiger partial charge in [-0.25, -0.2) is 14.1 Å². The SMILES string of the molecule is C[C@H](NP(=O)(Oc1ccccc1)OC1[C@@]2(C#N)O[C@@H](c3ccc4c(N)ncnn34)[C@H](O)[C@@]12O)C(=O)OCC(CO)CO. The number of rotatable bonds is 12. The Morgan fingerprint density at radius 1 is 1.29 bits per heavy atom. The van der Waals surface area contributed by atoms with Gasteiger partial charge in [0.15, 0.2) is 17.5 Å². The average Bonchev–Trinajstić information content (AvgIpc) is 3.23. The molecule has 1 saturated heterocycles. The molecule has 0 spiro atoms. The number of nitrogens with one attached hydrogen (secondary N) is 1. The number of nitrogen functional groups attached to an aromatic ring is 1. The lowest BCUT2D eigenvalue weighted by Crippen LogP contribution is -2.39. The molecule has 1 aliphatic heterocycles. The number of aliphatic hydroxyl groups excluding tert-OH is 3. The number of aliphatic hydroxyl groups is 4. The molecule has 224 valence electrons. The molecule has 7 N–H and O–H groups in total. The van der Waals surface area contributed by atoms with Crippen molar-refractivity contribution in [1.29, 1.82) is 5.26 Å². The molecule has 3 aromatic rings. The Kier molecular flexibility index (Phi) is 7.96. The number of hydrogen-bond acceptors (Lipinski definition) is 14. The van der Waals surface area contributed by atoms with Gasteiger partial charge in [0.25, 0.3) is 0 Å². The Morgan fingerprint density at radius 3 is 2.64 bits per heavy atom. The second-order valence-electron chi connectivity index (χ2n) is 9.96. The number of anilines is 1. The van der Waals surface area contributed by atoms with Crippen molar-refractivity contribution in [2.24, 2.45) is 5.92 Å². The van der Waals surface area contributed by atoms with Gasteiger partial charge in [0, 0.05) is 5.92 Å². The van der Waals surface area contributed by atoms with Crippen LogP contribution in [0, 0.1) is 17.2 Å². The third kappa shape index (κ3) is 4.89. The van der Waals surface area contributed by atoms with Gasteiger partial charge >= 0.3 is 13.7 Å². The minimum Gasteiger partial charge on any atom is -0.464 e. The van der Waals surface area contributed by atoms with Gasteiger partial charge in [0.05, 0.1) is 25.5 Å². The van der Waals surface area contributed by atoms with Crippen LogP contribution in [0.4, 0.5) is 5.82 Å². The van der Waals surface area contributed by atoms with E-state index in [4.69, 9.17) is 24.3 Å². The van der Waals surface area contributed by atoms with Crippen LogP contribution >= 0.6 is 7.75 Å². The number of nitrogens with two attached hydrogens (primary N) is 1. The van der Waals surface area contributed by atoms with E-state index in [2.05, 4.69) is 15.2 Å². The summed E-state index contributed by atoms with van der Waals surface area (Å²) < 4.78 is 37.6. The summed E-state index contributed by atoms with van der Waals surface area (Å²) in [5.74, 6) is -1.41. The highest BCUT2D eigenvalue weighted by Crippen LogP contribution is 2.68. The summed E-state index contributed by atoms with van der Waals surface area (Å²) in [4.78, 5) is 16.5. The molecule has 2 unspecified atom stereocenters. The predicted octanol–water partition coefficient (Wildman–Crippen LogP) is -0.555. The van der Waals surface area contributed by atoms with E-state index in [1.54, 1.807) is 30.3 Å². The number of benzene rings is 1. The van der Waals surface area contributed by atoms with Gasteiger partial charge in [-0.1, -0.05) is 18.2 Å². The number of esters is 1. The normalized spacial score (nSPS) is 28.5. The maximum absolute atomic E-state index is 14.0. The van der Waals surface area contributed by atoms with Crippen LogP contribution in [0.25, 0.3) is 5.52 Å². The van der Waals surface area contributed by atoms with Crippen LogP contribution in [-0.2, 0) is 23.4 Å². The molecule has 0 bridgehead atoms. The molecule has 0 radical (unpaired) electrons. The van der Waals surface area contributed by atoms with E-state index in [1.165, 1.54) is 29.9 Å². The molecular weight excluding hydrogens is 575 g/mol. The molecule has 2 aromatic heterocycles. The summed E-state index contributed by atoms with van der Waals surface area (Å²) >= 11 is 0. The van der Waals surface area contributed by atoms with Crippen molar-refractivity contribution in [3.63, 3.8) is 0 Å². The van der Waals surface area contributed by atoms with Crippen molar-refractivity contribution in [3.05, 3.63) is 54.5 Å². The van der Waals surface area contributed by atoms with E-state index in [-0.39, 0.29) is 23.9 Å². The molecule has 2 fully saturated rings. The summed E-state index contributed by atoms with van der Waals surface area (Å²) in [7, 11) is -4.60. The minimum absolute atomic E-state index is 0.0644.